The molecule has 138 valence electrons. The van der Waals surface area contributed by atoms with E-state index in [-0.39, 0.29) is 5.60 Å². The Labute approximate surface area is 153 Å². The molecule has 0 saturated heterocycles. The fraction of sp³-hybridized carbons (Fsp3) is 0.652. The molecule has 2 aliphatic rings. The molecule has 0 radical (unpaired) electrons. The van der Waals surface area contributed by atoms with Gasteiger partial charge in [0.2, 0.25) is 0 Å². The molecule has 1 N–H and O–H groups in total. The number of fused-ring (bicyclic) bond motifs is 3. The van der Waals surface area contributed by atoms with Gasteiger partial charge in [-0.2, -0.15) is 0 Å². The van der Waals surface area contributed by atoms with Crippen molar-refractivity contribution in [2.24, 2.45) is 5.92 Å². The molecule has 1 aromatic carbocycles. The first-order chi connectivity index (χ1) is 11.9. The highest BCUT2D eigenvalue weighted by atomic mass is 16.5. The van der Waals surface area contributed by atoms with Crippen molar-refractivity contribution in [3.05, 3.63) is 34.9 Å². The lowest BCUT2D eigenvalue weighted by atomic mass is 9.75. The van der Waals surface area contributed by atoms with Gasteiger partial charge in [-0.1, -0.05) is 50.7 Å². The first-order valence-electron chi connectivity index (χ1n) is 10.1. The third kappa shape index (κ3) is 3.88. The molecule has 0 aromatic heterocycles. The Morgan fingerprint density at radius 1 is 1.12 bits per heavy atom. The van der Waals surface area contributed by atoms with Crippen molar-refractivity contribution in [3.63, 3.8) is 0 Å². The van der Waals surface area contributed by atoms with E-state index in [9.17, 15) is 5.11 Å². The second-order valence-electron chi connectivity index (χ2n) is 8.60. The van der Waals surface area contributed by atoms with Crippen LogP contribution in [0.25, 0.3) is 0 Å². The highest BCUT2D eigenvalue weighted by Gasteiger charge is 2.46. The lowest BCUT2D eigenvalue weighted by Crippen LogP contribution is -2.42. The summed E-state index contributed by atoms with van der Waals surface area (Å²) in [7, 11) is 0. The molecule has 0 amide bonds. The van der Waals surface area contributed by atoms with E-state index in [2.05, 4.69) is 39.8 Å². The Hall–Kier alpha value is -1.44. The monoisotopic (exact) mass is 342 g/mol. The maximum absolute atomic E-state index is 10.7. The minimum atomic E-state index is -0.183. The molecule has 2 unspecified atom stereocenters. The second-order valence-corrected chi connectivity index (χ2v) is 8.60. The number of aromatic hydroxyl groups is 1. The van der Waals surface area contributed by atoms with Crippen molar-refractivity contribution in [2.75, 3.05) is 0 Å². The Kier molecular flexibility index (Phi) is 5.46. The number of phenolic OH excluding ortho intramolecular Hbond substituents is 1. The molecule has 3 rings (SSSR count). The Morgan fingerprint density at radius 3 is 2.60 bits per heavy atom. The molecule has 1 aliphatic heterocycles. The van der Waals surface area contributed by atoms with Crippen molar-refractivity contribution < 1.29 is 9.84 Å². The first kappa shape index (κ1) is 18.4. The van der Waals surface area contributed by atoms with Crippen LogP contribution in [0.4, 0.5) is 0 Å². The lowest BCUT2D eigenvalue weighted by Gasteiger charge is -2.42. The van der Waals surface area contributed by atoms with Crippen LogP contribution in [0.1, 0.15) is 89.7 Å². The van der Waals surface area contributed by atoms with E-state index in [0.29, 0.717) is 17.6 Å². The number of aryl methyl sites for hydroxylation is 1. The predicted molar refractivity (Wildman–Crippen MR) is 104 cm³/mol. The van der Waals surface area contributed by atoms with Crippen LogP contribution in [0.3, 0.4) is 0 Å². The van der Waals surface area contributed by atoms with Crippen LogP contribution in [0.2, 0.25) is 0 Å². The standard InChI is InChI=1S/C23H34O2/c1-5-6-7-8-9-10-11-17-14-20(24)22-18-12-16(2)13-19(18)23(3,4)25-21(22)15-17/h12,14-15,18-19,24H,5-11,13H2,1-4H3. The minimum absolute atomic E-state index is 0.183. The zero-order valence-electron chi connectivity index (χ0n) is 16.4. The van der Waals surface area contributed by atoms with Gasteiger partial charge in [0.05, 0.1) is 0 Å². The van der Waals surface area contributed by atoms with Crippen LogP contribution in [0, 0.1) is 5.92 Å². The summed E-state index contributed by atoms with van der Waals surface area (Å²) in [5.74, 6) is 2.05. The van der Waals surface area contributed by atoms with E-state index < -0.39 is 0 Å². The van der Waals surface area contributed by atoms with Crippen LogP contribution in [-0.4, -0.2) is 10.7 Å². The topological polar surface area (TPSA) is 29.5 Å². The van der Waals surface area contributed by atoms with Crippen molar-refractivity contribution in [2.45, 2.75) is 90.6 Å². The third-order valence-corrected chi connectivity index (χ3v) is 6.04. The molecule has 1 aliphatic carbocycles. The Bertz CT molecular complexity index is 642. The van der Waals surface area contributed by atoms with Crippen molar-refractivity contribution in [1.82, 2.24) is 0 Å². The van der Waals surface area contributed by atoms with Gasteiger partial charge in [-0.3, -0.25) is 0 Å². The molecule has 0 spiro atoms. The maximum Gasteiger partial charge on any atom is 0.127 e. The summed E-state index contributed by atoms with van der Waals surface area (Å²) >= 11 is 0. The molecule has 0 saturated carbocycles. The fourth-order valence-electron chi connectivity index (χ4n) is 4.63. The number of unbranched alkanes of at least 4 members (excludes halogenated alkanes) is 5. The highest BCUT2D eigenvalue weighted by Crippen LogP contribution is 2.54. The molecular formula is C23H34O2. The number of allylic oxidation sites excluding steroid dienone is 2. The van der Waals surface area contributed by atoms with E-state index in [4.69, 9.17) is 4.74 Å². The zero-order valence-corrected chi connectivity index (χ0v) is 16.4. The zero-order chi connectivity index (χ0) is 18.0. The molecule has 25 heavy (non-hydrogen) atoms. The number of hydrogen-bond donors (Lipinski definition) is 1. The SMILES string of the molecule is CCCCCCCCc1cc(O)c2c(c1)OC(C)(C)C1CC(C)=CC21. The van der Waals surface area contributed by atoms with Crippen molar-refractivity contribution in [1.29, 1.82) is 0 Å². The van der Waals surface area contributed by atoms with Gasteiger partial charge in [0.1, 0.15) is 17.1 Å². The number of hydrogen-bond acceptors (Lipinski definition) is 2. The van der Waals surface area contributed by atoms with Gasteiger partial charge < -0.3 is 9.84 Å². The van der Waals surface area contributed by atoms with Crippen LogP contribution in [0.5, 0.6) is 11.5 Å². The Balaban J connectivity index is 1.73. The predicted octanol–water partition coefficient (Wildman–Crippen LogP) is 6.52. The van der Waals surface area contributed by atoms with Gasteiger partial charge in [0.15, 0.2) is 0 Å². The first-order valence-corrected chi connectivity index (χ1v) is 10.1. The summed E-state index contributed by atoms with van der Waals surface area (Å²) in [5.41, 5.74) is 3.44. The third-order valence-electron chi connectivity index (χ3n) is 6.04. The quantitative estimate of drug-likeness (QED) is 0.452. The maximum atomic E-state index is 10.7. The molecule has 2 nitrogen and oxygen atoms in total. The number of rotatable bonds is 7. The molecule has 2 heteroatoms. The lowest BCUT2D eigenvalue weighted by molar-refractivity contribution is 0.0224. The number of phenols is 1. The van der Waals surface area contributed by atoms with E-state index in [1.807, 2.05) is 6.07 Å². The van der Waals surface area contributed by atoms with Crippen LogP contribution in [-0.2, 0) is 6.42 Å². The number of ether oxygens (including phenoxy) is 1. The summed E-state index contributed by atoms with van der Waals surface area (Å²) in [6.45, 7) is 8.83. The van der Waals surface area contributed by atoms with Gasteiger partial charge in [0, 0.05) is 17.4 Å². The van der Waals surface area contributed by atoms with Crippen LogP contribution >= 0.6 is 0 Å². The van der Waals surface area contributed by atoms with Gasteiger partial charge >= 0.3 is 0 Å². The fourth-order valence-corrected chi connectivity index (χ4v) is 4.63. The molecule has 1 aromatic rings. The average molecular weight is 343 g/mol. The smallest absolute Gasteiger partial charge is 0.127 e. The van der Waals surface area contributed by atoms with Crippen molar-refractivity contribution in [3.8, 4) is 11.5 Å². The normalized spacial score (nSPS) is 23.6. The van der Waals surface area contributed by atoms with Crippen LogP contribution in [0.15, 0.2) is 23.8 Å². The Morgan fingerprint density at radius 2 is 1.84 bits per heavy atom. The van der Waals surface area contributed by atoms with E-state index >= 15 is 0 Å². The average Bonchev–Trinajstić information content (AvgIpc) is 2.92. The van der Waals surface area contributed by atoms with E-state index in [1.54, 1.807) is 0 Å². The summed E-state index contributed by atoms with van der Waals surface area (Å²) < 4.78 is 6.37. The van der Waals surface area contributed by atoms with Gasteiger partial charge in [-0.15, -0.1) is 0 Å². The van der Waals surface area contributed by atoms with Gasteiger partial charge in [-0.05, 0) is 57.7 Å². The largest absolute Gasteiger partial charge is 0.507 e. The molecular weight excluding hydrogens is 308 g/mol. The minimum Gasteiger partial charge on any atom is -0.507 e. The number of benzene rings is 1. The summed E-state index contributed by atoms with van der Waals surface area (Å²) in [4.78, 5) is 0. The summed E-state index contributed by atoms with van der Waals surface area (Å²) in [5, 5.41) is 10.7. The summed E-state index contributed by atoms with van der Waals surface area (Å²) in [6.07, 6.45) is 12.2. The molecule has 0 bridgehead atoms. The second kappa shape index (κ2) is 7.43. The van der Waals surface area contributed by atoms with Crippen molar-refractivity contribution >= 4 is 0 Å². The molecule has 0 fully saturated rings. The molecule has 2 atom stereocenters. The summed E-state index contributed by atoms with van der Waals surface area (Å²) in [6, 6.07) is 4.16. The van der Waals surface area contributed by atoms with E-state index in [0.717, 1.165) is 24.2 Å². The van der Waals surface area contributed by atoms with E-state index in [1.165, 1.54) is 49.7 Å². The van der Waals surface area contributed by atoms with Gasteiger partial charge in [0.25, 0.3) is 0 Å². The highest BCUT2D eigenvalue weighted by molar-refractivity contribution is 5.54. The van der Waals surface area contributed by atoms with Crippen LogP contribution < -0.4 is 4.74 Å². The molecule has 1 heterocycles. The van der Waals surface area contributed by atoms with Gasteiger partial charge in [-0.25, -0.2) is 0 Å².